The van der Waals surface area contributed by atoms with Crippen LogP contribution >= 0.6 is 11.6 Å². The first-order valence-electron chi connectivity index (χ1n) is 9.34. The summed E-state index contributed by atoms with van der Waals surface area (Å²) in [5.41, 5.74) is 5.66. The average molecular weight is 416 g/mol. The number of hydrogen-bond acceptors (Lipinski definition) is 6. The number of hydrogen-bond donors (Lipinski definition) is 1. The van der Waals surface area contributed by atoms with E-state index in [0.717, 1.165) is 0 Å². The molecule has 30 heavy (non-hydrogen) atoms. The van der Waals surface area contributed by atoms with Gasteiger partial charge in [0.25, 0.3) is 0 Å². The fourth-order valence-electron chi connectivity index (χ4n) is 4.76. The molecule has 2 aromatic carbocycles. The van der Waals surface area contributed by atoms with Crippen LogP contribution < -0.4 is 10.6 Å². The summed E-state index contributed by atoms with van der Waals surface area (Å²) in [4.78, 5) is 41.8. The Morgan fingerprint density at radius 1 is 1.00 bits per heavy atom. The summed E-state index contributed by atoms with van der Waals surface area (Å²) in [6, 6.07) is 15.2. The highest BCUT2D eigenvalue weighted by atomic mass is 35.5. The summed E-state index contributed by atoms with van der Waals surface area (Å²) >= 11 is 6.14. The molecule has 0 fully saturated rings. The largest absolute Gasteiger partial charge is 0.384 e. The lowest BCUT2D eigenvalue weighted by molar-refractivity contribution is -0.115. The van der Waals surface area contributed by atoms with Crippen LogP contribution in [0.25, 0.3) is 0 Å². The van der Waals surface area contributed by atoms with Crippen LogP contribution in [0.3, 0.4) is 0 Å². The first-order chi connectivity index (χ1) is 14.4. The quantitative estimate of drug-likeness (QED) is 0.714. The van der Waals surface area contributed by atoms with Crippen molar-refractivity contribution in [2.24, 2.45) is 11.1 Å². The molecule has 1 spiro atoms. The number of Topliss-reactive ketones (excluding diaryl/α,β-unsaturated/α-hetero) is 3. The molecule has 0 amide bonds. The Labute approximate surface area is 176 Å². The van der Waals surface area contributed by atoms with Gasteiger partial charge in [-0.15, -0.1) is 0 Å². The first kappa shape index (κ1) is 18.3. The molecular weight excluding hydrogens is 402 g/mol. The van der Waals surface area contributed by atoms with Crippen LogP contribution in [0.1, 0.15) is 33.6 Å². The molecule has 7 heteroatoms. The summed E-state index contributed by atoms with van der Waals surface area (Å²) in [6.07, 6.45) is 0.436. The molecule has 0 bridgehead atoms. The second-order valence-electron chi connectivity index (χ2n) is 7.39. The molecule has 2 aliphatic carbocycles. The highest BCUT2D eigenvalue weighted by Gasteiger charge is 2.64. The van der Waals surface area contributed by atoms with Gasteiger partial charge in [-0.2, -0.15) is 5.26 Å². The van der Waals surface area contributed by atoms with E-state index in [2.05, 4.69) is 0 Å². The van der Waals surface area contributed by atoms with E-state index in [0.29, 0.717) is 22.8 Å². The summed E-state index contributed by atoms with van der Waals surface area (Å²) < 4.78 is 0. The Kier molecular flexibility index (Phi) is 3.76. The van der Waals surface area contributed by atoms with Crippen molar-refractivity contribution in [3.63, 3.8) is 0 Å². The predicted molar refractivity (Wildman–Crippen MR) is 110 cm³/mol. The molecule has 1 aliphatic heterocycles. The third-order valence-corrected chi connectivity index (χ3v) is 6.18. The zero-order chi connectivity index (χ0) is 21.2. The predicted octanol–water partition coefficient (Wildman–Crippen LogP) is 3.54. The number of nitrogens with zero attached hydrogens (tertiary/aromatic N) is 2. The number of ketones is 3. The molecule has 6 nitrogen and oxygen atoms in total. The standard InChI is InChI=1S/C23H14ClN3O3/c24-12-4-3-5-13(10-12)27-17-8-9-18(28)19(17)23(16(11-25)22(27)26)20(29)14-6-1-2-7-15(14)21(23)30/h1-7,10H,8-9,26H2. The SMILES string of the molecule is N#CC1=C(N)N(c2cccc(Cl)c2)C2=C(C(=O)CC2)C12C(=O)c1ccccc1C2=O. The number of carbonyl (C=O) groups is 3. The fraction of sp³-hybridized carbons (Fsp3) is 0.130. The first-order valence-corrected chi connectivity index (χ1v) is 9.72. The molecule has 5 rings (SSSR count). The molecule has 0 atom stereocenters. The van der Waals surface area contributed by atoms with E-state index in [1.165, 1.54) is 0 Å². The van der Waals surface area contributed by atoms with E-state index < -0.39 is 17.0 Å². The molecule has 0 saturated carbocycles. The van der Waals surface area contributed by atoms with Crippen LogP contribution in [0.4, 0.5) is 5.69 Å². The van der Waals surface area contributed by atoms with E-state index in [1.807, 2.05) is 6.07 Å². The van der Waals surface area contributed by atoms with Gasteiger partial charge < -0.3 is 5.73 Å². The van der Waals surface area contributed by atoms with Gasteiger partial charge in [0, 0.05) is 39.5 Å². The smallest absolute Gasteiger partial charge is 0.187 e. The van der Waals surface area contributed by atoms with Crippen molar-refractivity contribution < 1.29 is 14.4 Å². The zero-order valence-electron chi connectivity index (χ0n) is 15.6. The number of allylic oxidation sites excluding steroid dienone is 3. The molecule has 0 saturated heterocycles. The maximum Gasteiger partial charge on any atom is 0.187 e. The minimum atomic E-state index is -2.01. The Hall–Kier alpha value is -3.69. The zero-order valence-corrected chi connectivity index (χ0v) is 16.4. The number of nitriles is 1. The highest BCUT2D eigenvalue weighted by molar-refractivity contribution is 6.37. The van der Waals surface area contributed by atoms with E-state index in [4.69, 9.17) is 17.3 Å². The third-order valence-electron chi connectivity index (χ3n) is 5.95. The molecule has 0 radical (unpaired) electrons. The minimum absolute atomic E-state index is 0.0391. The molecular formula is C23H14ClN3O3. The lowest BCUT2D eigenvalue weighted by Gasteiger charge is -2.38. The van der Waals surface area contributed by atoms with Crippen molar-refractivity contribution in [2.45, 2.75) is 12.8 Å². The maximum absolute atomic E-state index is 13.6. The summed E-state index contributed by atoms with van der Waals surface area (Å²) in [7, 11) is 0. The molecule has 146 valence electrons. The van der Waals surface area contributed by atoms with E-state index in [-0.39, 0.29) is 40.3 Å². The van der Waals surface area contributed by atoms with Gasteiger partial charge in [-0.05, 0) is 24.6 Å². The number of carbonyl (C=O) groups excluding carboxylic acids is 3. The molecule has 0 unspecified atom stereocenters. The second kappa shape index (κ2) is 6.15. The van der Waals surface area contributed by atoms with Gasteiger partial charge >= 0.3 is 0 Å². The van der Waals surface area contributed by atoms with Crippen LogP contribution in [-0.2, 0) is 4.79 Å². The Bertz CT molecular complexity index is 1260. The average Bonchev–Trinajstić information content (AvgIpc) is 3.21. The minimum Gasteiger partial charge on any atom is -0.384 e. The molecule has 3 aliphatic rings. The van der Waals surface area contributed by atoms with Gasteiger partial charge in [-0.3, -0.25) is 19.3 Å². The molecule has 2 N–H and O–H groups in total. The monoisotopic (exact) mass is 415 g/mol. The Morgan fingerprint density at radius 3 is 2.27 bits per heavy atom. The molecule has 0 aromatic heterocycles. The highest BCUT2D eigenvalue weighted by Crippen LogP contribution is 2.55. The van der Waals surface area contributed by atoms with Gasteiger partial charge in [0.2, 0.25) is 0 Å². The van der Waals surface area contributed by atoms with Crippen molar-refractivity contribution in [3.05, 3.63) is 87.3 Å². The fourth-order valence-corrected chi connectivity index (χ4v) is 4.94. The van der Waals surface area contributed by atoms with E-state index in [9.17, 15) is 19.6 Å². The van der Waals surface area contributed by atoms with Crippen LogP contribution in [0.2, 0.25) is 5.02 Å². The van der Waals surface area contributed by atoms with Crippen molar-refractivity contribution in [1.29, 1.82) is 5.26 Å². The van der Waals surface area contributed by atoms with Gasteiger partial charge in [-0.25, -0.2) is 0 Å². The van der Waals surface area contributed by atoms with Gasteiger partial charge in [0.05, 0.1) is 5.57 Å². The maximum atomic E-state index is 13.6. The van der Waals surface area contributed by atoms with Crippen molar-refractivity contribution in [2.75, 3.05) is 4.90 Å². The number of anilines is 1. The lowest BCUT2D eigenvalue weighted by atomic mass is 9.67. The summed E-state index contributed by atoms with van der Waals surface area (Å²) in [5.74, 6) is -1.51. The van der Waals surface area contributed by atoms with Crippen LogP contribution in [0.15, 0.2) is 71.2 Å². The van der Waals surface area contributed by atoms with Crippen molar-refractivity contribution in [1.82, 2.24) is 0 Å². The molecule has 2 aromatic rings. The number of nitrogens with two attached hydrogens (primary N) is 1. The Morgan fingerprint density at radius 2 is 1.67 bits per heavy atom. The lowest BCUT2D eigenvalue weighted by Crippen LogP contribution is -2.47. The second-order valence-corrected chi connectivity index (χ2v) is 7.82. The number of benzene rings is 2. The molecule has 1 heterocycles. The number of halogens is 1. The van der Waals surface area contributed by atoms with Crippen LogP contribution in [0, 0.1) is 16.7 Å². The van der Waals surface area contributed by atoms with Crippen molar-refractivity contribution >= 4 is 34.6 Å². The van der Waals surface area contributed by atoms with Gasteiger partial charge in [0.1, 0.15) is 11.9 Å². The summed E-state index contributed by atoms with van der Waals surface area (Å²) in [6.45, 7) is 0. The van der Waals surface area contributed by atoms with E-state index in [1.54, 1.807) is 53.4 Å². The van der Waals surface area contributed by atoms with Gasteiger partial charge in [-0.1, -0.05) is 41.9 Å². The number of fused-ring (bicyclic) bond motifs is 2. The topological polar surface area (TPSA) is 104 Å². The summed E-state index contributed by atoms with van der Waals surface area (Å²) in [5, 5.41) is 10.5. The van der Waals surface area contributed by atoms with Crippen molar-refractivity contribution in [3.8, 4) is 6.07 Å². The van der Waals surface area contributed by atoms with E-state index >= 15 is 0 Å². The van der Waals surface area contributed by atoms with Crippen LogP contribution in [-0.4, -0.2) is 17.3 Å². The van der Waals surface area contributed by atoms with Crippen LogP contribution in [0.5, 0.6) is 0 Å². The normalized spacial score (nSPS) is 19.5. The number of rotatable bonds is 1. The third kappa shape index (κ3) is 2.05. The van der Waals surface area contributed by atoms with Gasteiger partial charge in [0.15, 0.2) is 22.8 Å². The Balaban J connectivity index is 1.86.